The van der Waals surface area contributed by atoms with E-state index in [9.17, 15) is 29.4 Å². The number of hydrogen-bond donors (Lipinski definition) is 2. The van der Waals surface area contributed by atoms with Crippen molar-refractivity contribution in [2.45, 2.75) is 12.8 Å². The van der Waals surface area contributed by atoms with Crippen LogP contribution >= 0.6 is 0 Å². The van der Waals surface area contributed by atoms with Crippen molar-refractivity contribution in [2.24, 2.45) is 0 Å². The monoisotopic (exact) mass is 593 g/mol. The molecule has 1 radical (unpaired) electrons. The van der Waals surface area contributed by atoms with Crippen LogP contribution < -0.4 is 19.7 Å². The number of carbonyl (C=O) groups excluding carboxylic acids is 2. The summed E-state index contributed by atoms with van der Waals surface area (Å²) in [5.74, 6) is -3.54. The van der Waals surface area contributed by atoms with Crippen molar-refractivity contribution in [3.05, 3.63) is 59.7 Å². The van der Waals surface area contributed by atoms with Crippen LogP contribution in [0.3, 0.4) is 0 Å². The van der Waals surface area contributed by atoms with Gasteiger partial charge < -0.3 is 72.3 Å². The fourth-order valence-corrected chi connectivity index (χ4v) is 1.89. The summed E-state index contributed by atoms with van der Waals surface area (Å²) in [6, 6.07) is 11.4. The van der Waals surface area contributed by atoms with Gasteiger partial charge in [0.2, 0.25) is 0 Å². The first-order chi connectivity index (χ1) is 14.2. The Kier molecular flexibility index (Phi) is 36.3. The van der Waals surface area contributed by atoms with E-state index >= 15 is 0 Å². The van der Waals surface area contributed by atoms with Gasteiger partial charge in [-0.05, 0) is 48.5 Å². The van der Waals surface area contributed by atoms with Crippen molar-refractivity contribution < 1.29 is 99.0 Å². The summed E-state index contributed by atoms with van der Waals surface area (Å²) >= 11 is 0. The van der Waals surface area contributed by atoms with Crippen molar-refractivity contribution in [3.8, 4) is 11.5 Å². The third-order valence-corrected chi connectivity index (χ3v) is 3.35. The van der Waals surface area contributed by atoms with Crippen molar-refractivity contribution in [3.63, 3.8) is 0 Å². The standard InChI is InChI=1S/2C10H10O5.Cu.6H2O/c2*11-9(12)5-6-15-8-3-1-7(2-4-8)10(13)14;;;;;;;/h2*1-4H,5-6H2,(H,11,12)(H,13,14);;6*1H2/q;;+2;;;;;;/p+2. The summed E-state index contributed by atoms with van der Waals surface area (Å²) < 4.78 is 10.1. The maximum atomic E-state index is 10.5. The number of aliphatic carboxylic acids is 2. The number of carboxylic acids is 4. The Hall–Kier alpha value is -3.80. The normalized spacial score (nSPS) is 7.78. The van der Waals surface area contributed by atoms with Crippen LogP contribution in [0, 0.1) is 0 Å². The third-order valence-electron chi connectivity index (χ3n) is 3.35. The molecule has 0 amide bonds. The molecule has 16 nitrogen and oxygen atoms in total. The summed E-state index contributed by atoms with van der Waals surface area (Å²) in [6.45, 7) is 0.0174. The molecule has 0 heterocycles. The van der Waals surface area contributed by atoms with E-state index in [1.165, 1.54) is 48.5 Å². The predicted molar refractivity (Wildman–Crippen MR) is 124 cm³/mol. The Morgan fingerprint density at radius 2 is 0.838 bits per heavy atom. The number of carbonyl (C=O) groups is 4. The number of aromatic carboxylic acids is 2. The zero-order valence-corrected chi connectivity index (χ0v) is 20.2. The zero-order chi connectivity index (χ0) is 22.5. The molecule has 217 valence electrons. The minimum atomic E-state index is -1.18. The van der Waals surface area contributed by atoms with Crippen LogP contribution in [0.1, 0.15) is 33.6 Å². The smallest absolute Gasteiger partial charge is 0.550 e. The van der Waals surface area contributed by atoms with Crippen LogP contribution in [-0.4, -0.2) is 58.3 Å². The van der Waals surface area contributed by atoms with Crippen molar-refractivity contribution in [1.29, 1.82) is 0 Å². The first-order valence-electron chi connectivity index (χ1n) is 8.51. The van der Waals surface area contributed by atoms with E-state index in [0.29, 0.717) is 11.5 Å². The molecule has 0 aromatic heterocycles. The fourth-order valence-electron chi connectivity index (χ4n) is 1.89. The molecular weight excluding hydrogens is 560 g/mol. The van der Waals surface area contributed by atoms with Crippen LogP contribution in [0.4, 0.5) is 0 Å². The van der Waals surface area contributed by atoms with E-state index in [1.54, 1.807) is 0 Å². The van der Waals surface area contributed by atoms with Gasteiger partial charge in [0.25, 0.3) is 0 Å². The van der Waals surface area contributed by atoms with Gasteiger partial charge >= 0.3 is 29.0 Å². The van der Waals surface area contributed by atoms with E-state index in [0.717, 1.165) is 0 Å². The molecule has 17 heteroatoms. The quantitative estimate of drug-likeness (QED) is 0.194. The summed E-state index contributed by atoms with van der Waals surface area (Å²) in [7, 11) is 0. The van der Waals surface area contributed by atoms with Gasteiger partial charge in [-0.25, -0.2) is 9.59 Å². The molecule has 0 aliphatic carbocycles. The van der Waals surface area contributed by atoms with Crippen LogP contribution in [-0.2, 0) is 48.6 Å². The van der Waals surface area contributed by atoms with Gasteiger partial charge in [-0.1, -0.05) is 0 Å². The molecule has 2 rings (SSSR count). The number of benzene rings is 2. The topological polar surface area (TPSA) is 368 Å². The maximum Gasteiger partial charge on any atom is 2.00 e. The van der Waals surface area contributed by atoms with Crippen molar-refractivity contribution in [1.82, 2.24) is 0 Å². The molecule has 18 N–H and O–H groups in total. The molecule has 2 aromatic rings. The second kappa shape index (κ2) is 26.8. The number of rotatable bonds is 10. The predicted octanol–water partition coefficient (Wildman–Crippen LogP) is -5.53. The molecule has 0 saturated heterocycles. The molecule has 0 fully saturated rings. The van der Waals surface area contributed by atoms with Gasteiger partial charge in [0, 0.05) is 24.8 Å². The average Bonchev–Trinajstić information content (AvgIpc) is 2.69. The Bertz CT molecular complexity index is 797. The number of hydrogen-bond acceptors (Lipinski definition) is 8. The van der Waals surface area contributed by atoms with Gasteiger partial charge in [0.05, 0.1) is 24.3 Å². The Balaban J connectivity index is -0.0000000818. The fraction of sp³-hybridized carbons (Fsp3) is 0.200. The van der Waals surface area contributed by atoms with Gasteiger partial charge in [0.15, 0.2) is 0 Å². The zero-order valence-electron chi connectivity index (χ0n) is 19.2. The summed E-state index contributed by atoms with van der Waals surface area (Å²) in [5, 5.41) is 37.3. The number of ether oxygens (including phenoxy) is 2. The van der Waals surface area contributed by atoms with Gasteiger partial charge in [-0.3, -0.25) is 0 Å². The molecule has 2 aromatic carbocycles. The molecule has 0 aliphatic heterocycles. The molecule has 0 aliphatic rings. The second-order valence-corrected chi connectivity index (χ2v) is 5.60. The first-order valence-corrected chi connectivity index (χ1v) is 8.51. The SMILES string of the molecule is O.O.O=C([O-])CCOc1ccc(C(=O)O)cc1.O=C([O-])CCOc1ccc(C(=O)O)cc1.[Cu+2].[OH3+].[OH3+].[OH3+].[OH3+]. The van der Waals surface area contributed by atoms with Crippen LogP contribution in [0.2, 0.25) is 0 Å². The van der Waals surface area contributed by atoms with E-state index in [4.69, 9.17) is 19.7 Å². The van der Waals surface area contributed by atoms with E-state index in [2.05, 4.69) is 0 Å². The summed E-state index contributed by atoms with van der Waals surface area (Å²) in [4.78, 5) is 41.1. The molecule has 0 atom stereocenters. The minimum Gasteiger partial charge on any atom is -0.550 e. The Morgan fingerprint density at radius 1 is 0.595 bits per heavy atom. The second-order valence-electron chi connectivity index (χ2n) is 5.60. The molecule has 0 unspecified atom stereocenters. The van der Waals surface area contributed by atoms with Crippen LogP contribution in [0.15, 0.2) is 48.5 Å². The van der Waals surface area contributed by atoms with Crippen LogP contribution in [0.25, 0.3) is 0 Å². The van der Waals surface area contributed by atoms with Gasteiger partial charge in [-0.15, -0.1) is 0 Å². The Morgan fingerprint density at radius 3 is 1.03 bits per heavy atom. The first kappa shape index (κ1) is 50.1. The van der Waals surface area contributed by atoms with Crippen molar-refractivity contribution >= 4 is 23.9 Å². The third kappa shape index (κ3) is 22.4. The van der Waals surface area contributed by atoms with E-state index < -0.39 is 23.9 Å². The van der Waals surface area contributed by atoms with Gasteiger partial charge in [0.1, 0.15) is 11.5 Å². The number of carboxylic acid groups (broad SMARTS) is 4. The summed E-state index contributed by atoms with van der Waals surface area (Å²) in [6.07, 6.45) is -0.388. The average molecular weight is 594 g/mol. The van der Waals surface area contributed by atoms with E-state index in [1.807, 2.05) is 0 Å². The minimum absolute atomic E-state index is 0. The molecule has 0 saturated carbocycles. The largest absolute Gasteiger partial charge is 2.00 e. The summed E-state index contributed by atoms with van der Waals surface area (Å²) in [5.41, 5.74) is 0.310. The van der Waals surface area contributed by atoms with Crippen molar-refractivity contribution in [2.75, 3.05) is 13.2 Å². The Labute approximate surface area is 220 Å². The molecular formula is C20H34CuO16+4. The molecule has 0 spiro atoms. The van der Waals surface area contributed by atoms with Crippen LogP contribution in [0.5, 0.6) is 11.5 Å². The van der Waals surface area contributed by atoms with E-state index in [-0.39, 0.29) is 87.1 Å². The maximum absolute atomic E-state index is 10.5. The molecule has 0 bridgehead atoms. The molecule has 37 heavy (non-hydrogen) atoms. The van der Waals surface area contributed by atoms with Gasteiger partial charge in [-0.2, -0.15) is 0 Å².